The van der Waals surface area contributed by atoms with Crippen molar-refractivity contribution >= 4 is 45.9 Å². The SMILES string of the molecule is CN1C[C@@H](c2ccccc2)[C@H]([N+](=O)[O-])[C@H]1C1=Cc2nc1c(-c1ccccc1)c1ccc([nH]1)c(-c1ccccc1)c1nc(c(-c3ccccc3)c3ccc([nH]3)c2-c2ccccc2)C=C1. The molecule has 1 fully saturated rings. The van der Waals surface area contributed by atoms with E-state index in [-0.39, 0.29) is 10.8 Å². The fraction of sp³-hybridized carbons (Fsp3) is 0.0909. The van der Waals surface area contributed by atoms with Crippen molar-refractivity contribution in [3.63, 3.8) is 0 Å². The molecule has 0 unspecified atom stereocenters. The van der Waals surface area contributed by atoms with E-state index in [9.17, 15) is 10.1 Å². The first-order valence-corrected chi connectivity index (χ1v) is 21.3. The molecule has 0 spiro atoms. The van der Waals surface area contributed by atoms with Crippen molar-refractivity contribution in [1.82, 2.24) is 24.8 Å². The summed E-state index contributed by atoms with van der Waals surface area (Å²) in [5, 5.41) is 13.5. The molecular formula is C55H42N6O2. The number of H-pyrrole nitrogens is 2. The lowest BCUT2D eigenvalue weighted by Crippen LogP contribution is -2.39. The maximum Gasteiger partial charge on any atom is 0.240 e. The van der Waals surface area contributed by atoms with Crippen LogP contribution >= 0.6 is 0 Å². The number of nitrogens with one attached hydrogen (secondary N) is 2. The van der Waals surface area contributed by atoms with E-state index in [1.807, 2.05) is 98.0 Å². The third-order valence-electron chi connectivity index (χ3n) is 12.6. The summed E-state index contributed by atoms with van der Waals surface area (Å²) < 4.78 is 0. The number of aromatic amines is 2. The first-order valence-electron chi connectivity index (χ1n) is 21.3. The molecule has 6 heterocycles. The van der Waals surface area contributed by atoms with Crippen molar-refractivity contribution in [2.75, 3.05) is 13.6 Å². The Morgan fingerprint density at radius 3 is 1.37 bits per heavy atom. The molecule has 3 aliphatic rings. The number of likely N-dealkylation sites (N-methyl/N-ethyl adjacent to an activating group) is 1. The molecule has 0 saturated carbocycles. The van der Waals surface area contributed by atoms with Gasteiger partial charge in [0.1, 0.15) is 6.04 Å². The van der Waals surface area contributed by atoms with Crippen molar-refractivity contribution in [3.05, 3.63) is 214 Å². The zero-order valence-corrected chi connectivity index (χ0v) is 34.5. The first-order chi connectivity index (χ1) is 31.0. The number of rotatable bonds is 7. The molecule has 63 heavy (non-hydrogen) atoms. The van der Waals surface area contributed by atoms with Gasteiger partial charge in [-0.05, 0) is 77.4 Å². The van der Waals surface area contributed by atoms with Crippen LogP contribution in [-0.2, 0) is 0 Å². The molecule has 8 nitrogen and oxygen atoms in total. The van der Waals surface area contributed by atoms with Gasteiger partial charge in [-0.2, -0.15) is 0 Å². The van der Waals surface area contributed by atoms with Crippen molar-refractivity contribution in [2.45, 2.75) is 18.0 Å². The topological polar surface area (TPSA) is 104 Å². The van der Waals surface area contributed by atoms with Crippen molar-refractivity contribution in [3.8, 4) is 44.5 Å². The quantitative estimate of drug-likeness (QED) is 0.123. The van der Waals surface area contributed by atoms with E-state index in [1.165, 1.54) is 0 Å². The van der Waals surface area contributed by atoms with E-state index in [4.69, 9.17) is 9.97 Å². The van der Waals surface area contributed by atoms with Crippen LogP contribution in [0, 0.1) is 10.1 Å². The average molecular weight is 819 g/mol. The molecule has 8 bridgehead atoms. The van der Waals surface area contributed by atoms with Crippen molar-refractivity contribution in [2.24, 2.45) is 0 Å². The average Bonchev–Trinajstić information content (AvgIpc) is 4.19. The summed E-state index contributed by atoms with van der Waals surface area (Å²) in [6, 6.07) is 58.1. The van der Waals surface area contributed by atoms with Gasteiger partial charge in [0.2, 0.25) is 6.04 Å². The third-order valence-corrected chi connectivity index (χ3v) is 12.6. The molecule has 2 N–H and O–H groups in total. The molecule has 0 aliphatic carbocycles. The van der Waals surface area contributed by atoms with Gasteiger partial charge in [0.05, 0.1) is 28.7 Å². The van der Waals surface area contributed by atoms with E-state index >= 15 is 0 Å². The summed E-state index contributed by atoms with van der Waals surface area (Å²) in [6.45, 7) is 0.519. The van der Waals surface area contributed by atoms with Crippen LogP contribution in [0.5, 0.6) is 0 Å². The Labute approximate surface area is 364 Å². The van der Waals surface area contributed by atoms with Crippen LogP contribution in [0.3, 0.4) is 0 Å². The van der Waals surface area contributed by atoms with Gasteiger partial charge in [-0.25, -0.2) is 9.97 Å². The summed E-state index contributed by atoms with van der Waals surface area (Å²) in [6.07, 6.45) is 6.32. The lowest BCUT2D eigenvalue weighted by Gasteiger charge is -2.23. The van der Waals surface area contributed by atoms with Gasteiger partial charge >= 0.3 is 0 Å². The lowest BCUT2D eigenvalue weighted by atomic mass is 9.86. The Bertz CT molecular complexity index is 3250. The lowest BCUT2D eigenvalue weighted by molar-refractivity contribution is -0.525. The highest BCUT2D eigenvalue weighted by atomic mass is 16.6. The van der Waals surface area contributed by atoms with Crippen molar-refractivity contribution < 1.29 is 4.92 Å². The van der Waals surface area contributed by atoms with Crippen LogP contribution in [0.25, 0.3) is 90.4 Å². The Morgan fingerprint density at radius 2 is 0.921 bits per heavy atom. The summed E-state index contributed by atoms with van der Waals surface area (Å²) in [5.41, 5.74) is 16.0. The summed E-state index contributed by atoms with van der Waals surface area (Å²) in [5.74, 6) is -0.332. The monoisotopic (exact) mass is 818 g/mol. The molecule has 8 heteroatoms. The predicted octanol–water partition coefficient (Wildman–Crippen LogP) is 12.4. The largest absolute Gasteiger partial charge is 0.354 e. The number of nitro groups is 1. The molecule has 3 atom stereocenters. The second-order valence-electron chi connectivity index (χ2n) is 16.4. The maximum absolute atomic E-state index is 13.5. The van der Waals surface area contributed by atoms with E-state index in [0.717, 1.165) is 94.8 Å². The molecule has 3 aromatic heterocycles. The highest BCUT2D eigenvalue weighted by molar-refractivity contribution is 6.03. The van der Waals surface area contributed by atoms with E-state index in [0.29, 0.717) is 12.2 Å². The molecule has 3 aliphatic heterocycles. The molecule has 304 valence electrons. The summed E-state index contributed by atoms with van der Waals surface area (Å²) >= 11 is 0. The smallest absolute Gasteiger partial charge is 0.240 e. The molecule has 8 aromatic rings. The zero-order valence-electron chi connectivity index (χ0n) is 34.5. The molecule has 1 saturated heterocycles. The Balaban J connectivity index is 1.31. The zero-order chi connectivity index (χ0) is 42.4. The Hall–Kier alpha value is -7.94. The van der Waals surface area contributed by atoms with Crippen LogP contribution in [0.1, 0.15) is 34.3 Å². The van der Waals surface area contributed by atoms with E-state index in [1.54, 1.807) is 0 Å². The van der Waals surface area contributed by atoms with Gasteiger partial charge in [-0.15, -0.1) is 0 Å². The molecule has 5 aromatic carbocycles. The number of benzene rings is 5. The highest BCUT2D eigenvalue weighted by Crippen LogP contribution is 2.46. The van der Waals surface area contributed by atoms with Gasteiger partial charge in [-0.3, -0.25) is 15.0 Å². The third kappa shape index (κ3) is 6.77. The van der Waals surface area contributed by atoms with E-state index in [2.05, 4.69) is 118 Å². The van der Waals surface area contributed by atoms with Gasteiger partial charge in [-0.1, -0.05) is 152 Å². The normalized spacial score (nSPS) is 17.2. The van der Waals surface area contributed by atoms with Crippen molar-refractivity contribution in [1.29, 1.82) is 0 Å². The fourth-order valence-electron chi connectivity index (χ4n) is 9.86. The van der Waals surface area contributed by atoms with Crippen LogP contribution in [0.15, 0.2) is 176 Å². The molecular weight excluding hydrogens is 777 g/mol. The number of hydrogen-bond donors (Lipinski definition) is 2. The van der Waals surface area contributed by atoms with Gasteiger partial charge < -0.3 is 9.97 Å². The van der Waals surface area contributed by atoms with Crippen LogP contribution in [0.2, 0.25) is 0 Å². The highest BCUT2D eigenvalue weighted by Gasteiger charge is 2.51. The maximum atomic E-state index is 13.5. The number of aromatic nitrogens is 4. The summed E-state index contributed by atoms with van der Waals surface area (Å²) in [4.78, 5) is 34.4. The molecule has 0 radical (unpaired) electrons. The van der Waals surface area contributed by atoms with Gasteiger partial charge in [0, 0.05) is 61.4 Å². The Morgan fingerprint density at radius 1 is 0.524 bits per heavy atom. The van der Waals surface area contributed by atoms with Crippen LogP contribution in [0.4, 0.5) is 0 Å². The number of hydrogen-bond acceptors (Lipinski definition) is 5. The van der Waals surface area contributed by atoms with Gasteiger partial charge in [0.15, 0.2) is 0 Å². The minimum Gasteiger partial charge on any atom is -0.354 e. The number of likely N-dealkylation sites (tertiary alicyclic amines) is 1. The Kier molecular flexibility index (Phi) is 9.55. The fourth-order valence-corrected chi connectivity index (χ4v) is 9.86. The molecule has 11 rings (SSSR count). The minimum absolute atomic E-state index is 0.0746. The second-order valence-corrected chi connectivity index (χ2v) is 16.4. The number of nitrogens with zero attached hydrogens (tertiary/aromatic N) is 4. The predicted molar refractivity (Wildman–Crippen MR) is 256 cm³/mol. The summed E-state index contributed by atoms with van der Waals surface area (Å²) in [7, 11) is 2.01. The number of fused-ring (bicyclic) bond motifs is 8. The second kappa shape index (κ2) is 15.8. The van der Waals surface area contributed by atoms with Crippen LogP contribution in [-0.4, -0.2) is 55.4 Å². The minimum atomic E-state index is -0.936. The van der Waals surface area contributed by atoms with Crippen LogP contribution < -0.4 is 0 Å². The van der Waals surface area contributed by atoms with Gasteiger partial charge in [0.25, 0.3) is 0 Å². The molecule has 0 amide bonds. The first kappa shape index (κ1) is 38.0. The van der Waals surface area contributed by atoms with E-state index < -0.39 is 12.1 Å². The standard InChI is InChI=1S/C55H42N6O2/c1-60-34-41(35-17-7-2-8-18-35)55(61(62)63)54(60)40-33-48-51(38-23-13-5-14-24-38)46-30-29-44(57-46)49(36-19-9-3-10-20-36)42-27-28-43(56-42)50(37-21-11-4-12-22-37)45-31-32-47(58-45)52(53(40)59-48)39-25-15-6-16-26-39/h2-33,41,54-55,57-58H,34H2,1H3/t41-,54+,55-/m0/s1.